The van der Waals surface area contributed by atoms with Crippen LogP contribution in [0, 0.1) is 6.92 Å². The first-order valence-electron chi connectivity index (χ1n) is 15.0. The van der Waals surface area contributed by atoms with E-state index in [1.165, 1.54) is 10.9 Å². The quantitative estimate of drug-likeness (QED) is 0.208. The predicted octanol–water partition coefficient (Wildman–Crippen LogP) is 10.2. The van der Waals surface area contributed by atoms with E-state index in [2.05, 4.69) is 90.4 Å². The first-order valence-corrected chi connectivity index (χ1v) is 15.0. The molecule has 0 N–H and O–H groups in total. The van der Waals surface area contributed by atoms with E-state index in [0.29, 0.717) is 17.5 Å². The maximum Gasteiger partial charge on any atom is 0.164 e. The minimum atomic E-state index is 0.635. The maximum absolute atomic E-state index is 6.52. The van der Waals surface area contributed by atoms with E-state index in [4.69, 9.17) is 19.4 Å². The van der Waals surface area contributed by atoms with Crippen molar-refractivity contribution >= 4 is 43.7 Å². The van der Waals surface area contributed by atoms with Crippen LogP contribution < -0.4 is 0 Å². The van der Waals surface area contributed by atoms with Crippen molar-refractivity contribution in [2.24, 2.45) is 0 Å². The Hall–Kier alpha value is -6.07. The molecule has 3 heterocycles. The van der Waals surface area contributed by atoms with Crippen molar-refractivity contribution in [3.8, 4) is 39.9 Å². The van der Waals surface area contributed by atoms with Gasteiger partial charge < -0.3 is 8.98 Å². The van der Waals surface area contributed by atoms with E-state index in [-0.39, 0.29) is 0 Å². The summed E-state index contributed by atoms with van der Waals surface area (Å²) in [6, 6.07) is 48.0. The molecular weight excluding hydrogens is 552 g/mol. The fourth-order valence-electron chi connectivity index (χ4n) is 6.41. The van der Waals surface area contributed by atoms with Crippen LogP contribution in [0.15, 0.2) is 144 Å². The van der Waals surface area contributed by atoms with Crippen molar-refractivity contribution in [2.75, 3.05) is 0 Å². The van der Waals surface area contributed by atoms with Crippen molar-refractivity contribution in [3.05, 3.63) is 145 Å². The molecule has 0 radical (unpaired) electrons. The van der Waals surface area contributed by atoms with Crippen LogP contribution in [-0.4, -0.2) is 19.5 Å². The third-order valence-corrected chi connectivity index (χ3v) is 8.57. The summed E-state index contributed by atoms with van der Waals surface area (Å²) in [7, 11) is 0. The van der Waals surface area contributed by atoms with Crippen LogP contribution in [0.4, 0.5) is 0 Å². The number of aryl methyl sites for hydroxylation is 1. The summed E-state index contributed by atoms with van der Waals surface area (Å²) in [5.41, 5.74) is 9.01. The normalized spacial score (nSPS) is 11.7. The standard InChI is InChI=1S/C40H26N4O/c1-25-21-36-32(22-30(25)40-42-38(26-13-5-2-6-14-26)41-39(43-40)27-15-7-3-8-16-27)33-23-35-31(24-37(33)45-36)29-19-11-12-20-34(29)44(35)28-17-9-4-10-18-28/h2-24H,1H3. The first-order chi connectivity index (χ1) is 22.2. The molecule has 0 bridgehead atoms. The van der Waals surface area contributed by atoms with Gasteiger partial charge in [-0.1, -0.05) is 97.1 Å². The lowest BCUT2D eigenvalue weighted by Gasteiger charge is -2.10. The number of furan rings is 1. The van der Waals surface area contributed by atoms with Crippen LogP contribution in [0.25, 0.3) is 83.6 Å². The number of benzene rings is 6. The van der Waals surface area contributed by atoms with Crippen molar-refractivity contribution < 1.29 is 4.42 Å². The molecule has 5 heteroatoms. The second kappa shape index (κ2) is 10.00. The van der Waals surface area contributed by atoms with Gasteiger partial charge in [0.15, 0.2) is 17.5 Å². The van der Waals surface area contributed by atoms with Gasteiger partial charge in [0.25, 0.3) is 0 Å². The molecule has 0 spiro atoms. The molecule has 0 aliphatic heterocycles. The van der Waals surface area contributed by atoms with Crippen LogP contribution in [0.2, 0.25) is 0 Å². The van der Waals surface area contributed by atoms with E-state index in [1.54, 1.807) is 0 Å². The summed E-state index contributed by atoms with van der Waals surface area (Å²) in [5.74, 6) is 1.92. The Morgan fingerprint density at radius 3 is 1.71 bits per heavy atom. The van der Waals surface area contributed by atoms with Crippen LogP contribution in [0.1, 0.15) is 5.56 Å². The third kappa shape index (κ3) is 4.13. The zero-order valence-electron chi connectivity index (χ0n) is 24.5. The summed E-state index contributed by atoms with van der Waals surface area (Å²) >= 11 is 0. The van der Waals surface area contributed by atoms with Crippen LogP contribution in [-0.2, 0) is 0 Å². The van der Waals surface area contributed by atoms with Crippen molar-refractivity contribution in [1.82, 2.24) is 19.5 Å². The van der Waals surface area contributed by atoms with E-state index in [0.717, 1.165) is 60.8 Å². The van der Waals surface area contributed by atoms with Gasteiger partial charge >= 0.3 is 0 Å². The maximum atomic E-state index is 6.52. The van der Waals surface area contributed by atoms with Gasteiger partial charge in [-0.25, -0.2) is 15.0 Å². The van der Waals surface area contributed by atoms with E-state index >= 15 is 0 Å². The Balaban J connectivity index is 1.30. The lowest BCUT2D eigenvalue weighted by atomic mass is 10.0. The summed E-state index contributed by atoms with van der Waals surface area (Å²) in [6.45, 7) is 2.09. The second-order valence-electron chi connectivity index (χ2n) is 11.4. The van der Waals surface area contributed by atoms with Gasteiger partial charge in [-0.05, 0) is 55.0 Å². The summed E-state index contributed by atoms with van der Waals surface area (Å²) in [6.07, 6.45) is 0. The van der Waals surface area contributed by atoms with Crippen molar-refractivity contribution in [2.45, 2.75) is 6.92 Å². The molecule has 0 aliphatic rings. The predicted molar refractivity (Wildman–Crippen MR) is 182 cm³/mol. The Kier molecular flexibility index (Phi) is 5.65. The zero-order valence-corrected chi connectivity index (χ0v) is 24.5. The van der Waals surface area contributed by atoms with Crippen LogP contribution in [0.3, 0.4) is 0 Å². The Morgan fingerprint density at radius 1 is 0.467 bits per heavy atom. The lowest BCUT2D eigenvalue weighted by molar-refractivity contribution is 0.669. The van der Waals surface area contributed by atoms with Crippen molar-refractivity contribution in [3.63, 3.8) is 0 Å². The fourth-order valence-corrected chi connectivity index (χ4v) is 6.41. The van der Waals surface area contributed by atoms with Gasteiger partial charge in [0.05, 0.1) is 11.0 Å². The molecule has 0 unspecified atom stereocenters. The van der Waals surface area contributed by atoms with Crippen LogP contribution >= 0.6 is 0 Å². The number of rotatable bonds is 4. The third-order valence-electron chi connectivity index (χ3n) is 8.57. The molecule has 5 nitrogen and oxygen atoms in total. The molecule has 0 aliphatic carbocycles. The molecule has 0 saturated heterocycles. The molecule has 6 aromatic carbocycles. The molecule has 45 heavy (non-hydrogen) atoms. The molecule has 0 saturated carbocycles. The molecular formula is C40H26N4O. The topological polar surface area (TPSA) is 56.7 Å². The number of para-hydroxylation sites is 2. The smallest absolute Gasteiger partial charge is 0.164 e. The minimum absolute atomic E-state index is 0.635. The van der Waals surface area contributed by atoms with Gasteiger partial charge in [0.1, 0.15) is 11.2 Å². The van der Waals surface area contributed by atoms with Gasteiger partial charge in [-0.2, -0.15) is 0 Å². The van der Waals surface area contributed by atoms with Crippen LogP contribution in [0.5, 0.6) is 0 Å². The summed E-state index contributed by atoms with van der Waals surface area (Å²) in [5, 5.41) is 4.44. The average Bonchev–Trinajstić information content (AvgIpc) is 3.61. The molecule has 0 amide bonds. The van der Waals surface area contributed by atoms with Gasteiger partial charge in [0.2, 0.25) is 0 Å². The summed E-state index contributed by atoms with van der Waals surface area (Å²) in [4.78, 5) is 14.9. The lowest BCUT2D eigenvalue weighted by Crippen LogP contribution is -2.01. The highest BCUT2D eigenvalue weighted by molar-refractivity contribution is 6.17. The Bertz CT molecular complexity index is 2470. The number of fused-ring (bicyclic) bond motifs is 6. The molecule has 0 fully saturated rings. The van der Waals surface area contributed by atoms with Crippen molar-refractivity contribution in [1.29, 1.82) is 0 Å². The SMILES string of the molecule is Cc1cc2oc3cc4c5ccccc5n(-c5ccccc5)c4cc3c2cc1-c1nc(-c2ccccc2)nc(-c2ccccc2)n1. The first kappa shape index (κ1) is 25.4. The molecule has 3 aromatic heterocycles. The van der Waals surface area contributed by atoms with E-state index < -0.39 is 0 Å². The molecule has 212 valence electrons. The summed E-state index contributed by atoms with van der Waals surface area (Å²) < 4.78 is 8.86. The largest absolute Gasteiger partial charge is 0.456 e. The fraction of sp³-hybridized carbons (Fsp3) is 0.0250. The Labute approximate surface area is 259 Å². The highest BCUT2D eigenvalue weighted by Gasteiger charge is 2.19. The van der Waals surface area contributed by atoms with Gasteiger partial charge in [-0.15, -0.1) is 0 Å². The number of aromatic nitrogens is 4. The number of hydrogen-bond acceptors (Lipinski definition) is 4. The van der Waals surface area contributed by atoms with Gasteiger partial charge in [0, 0.05) is 43.9 Å². The zero-order chi connectivity index (χ0) is 29.9. The highest BCUT2D eigenvalue weighted by Crippen LogP contribution is 2.40. The molecule has 0 atom stereocenters. The highest BCUT2D eigenvalue weighted by atomic mass is 16.3. The molecule has 9 rings (SSSR count). The minimum Gasteiger partial charge on any atom is -0.456 e. The Morgan fingerprint density at radius 2 is 1.02 bits per heavy atom. The van der Waals surface area contributed by atoms with E-state index in [1.807, 2.05) is 60.7 Å². The monoisotopic (exact) mass is 578 g/mol. The van der Waals surface area contributed by atoms with E-state index in [9.17, 15) is 0 Å². The number of nitrogens with zero attached hydrogens (tertiary/aromatic N) is 4. The second-order valence-corrected chi connectivity index (χ2v) is 11.4. The average molecular weight is 579 g/mol. The molecule has 9 aromatic rings. The van der Waals surface area contributed by atoms with Gasteiger partial charge in [-0.3, -0.25) is 0 Å². The number of hydrogen-bond donors (Lipinski definition) is 0.